The van der Waals surface area contributed by atoms with Crippen LogP contribution in [-0.4, -0.2) is 11.8 Å². The van der Waals surface area contributed by atoms with Gasteiger partial charge < -0.3 is 4.74 Å². The SMILES string of the molecule is FCOc1cc(C(F)(F)F)cc(I)n1. The fourth-order valence-electron chi connectivity index (χ4n) is 0.766. The molecule has 78 valence electrons. The Labute approximate surface area is 90.4 Å². The van der Waals surface area contributed by atoms with Crippen molar-refractivity contribution in [2.45, 2.75) is 6.18 Å². The lowest BCUT2D eigenvalue weighted by Gasteiger charge is -2.08. The molecule has 1 heterocycles. The zero-order valence-corrected chi connectivity index (χ0v) is 8.76. The van der Waals surface area contributed by atoms with Gasteiger partial charge in [-0.25, -0.2) is 9.37 Å². The first kappa shape index (κ1) is 11.5. The van der Waals surface area contributed by atoms with Crippen LogP contribution in [0.4, 0.5) is 17.6 Å². The van der Waals surface area contributed by atoms with Crippen molar-refractivity contribution in [3.05, 3.63) is 21.4 Å². The molecule has 0 amide bonds. The van der Waals surface area contributed by atoms with E-state index in [0.29, 0.717) is 6.07 Å². The predicted octanol–water partition coefficient (Wildman–Crippen LogP) is 3.01. The van der Waals surface area contributed by atoms with Gasteiger partial charge in [-0.3, -0.25) is 0 Å². The van der Waals surface area contributed by atoms with E-state index in [1.54, 1.807) is 22.6 Å². The third-order valence-corrected chi connectivity index (χ3v) is 1.85. The summed E-state index contributed by atoms with van der Waals surface area (Å²) in [6.07, 6.45) is -4.47. The molecule has 0 N–H and O–H groups in total. The van der Waals surface area contributed by atoms with Crippen molar-refractivity contribution in [2.75, 3.05) is 6.86 Å². The quantitative estimate of drug-likeness (QED) is 0.475. The first-order chi connectivity index (χ1) is 6.43. The minimum atomic E-state index is -4.47. The minimum Gasteiger partial charge on any atom is -0.446 e. The number of aromatic nitrogens is 1. The van der Waals surface area contributed by atoms with E-state index >= 15 is 0 Å². The van der Waals surface area contributed by atoms with E-state index in [1.807, 2.05) is 0 Å². The van der Waals surface area contributed by atoms with Gasteiger partial charge >= 0.3 is 6.18 Å². The van der Waals surface area contributed by atoms with Crippen molar-refractivity contribution in [1.29, 1.82) is 0 Å². The highest BCUT2D eigenvalue weighted by atomic mass is 127. The third-order valence-electron chi connectivity index (χ3n) is 1.30. The molecule has 0 unspecified atom stereocenters. The summed E-state index contributed by atoms with van der Waals surface area (Å²) in [5.74, 6) is -0.369. The average Bonchev–Trinajstić information content (AvgIpc) is 2.02. The molecule has 0 radical (unpaired) electrons. The molecule has 0 aliphatic heterocycles. The van der Waals surface area contributed by atoms with Gasteiger partial charge in [0.05, 0.1) is 5.56 Å². The molecular formula is C7H4F4INO. The molecule has 0 aromatic carbocycles. The highest BCUT2D eigenvalue weighted by Gasteiger charge is 2.31. The van der Waals surface area contributed by atoms with Gasteiger partial charge in [0, 0.05) is 6.07 Å². The Morgan fingerprint density at radius 3 is 2.50 bits per heavy atom. The van der Waals surface area contributed by atoms with Crippen molar-refractivity contribution >= 4 is 22.6 Å². The van der Waals surface area contributed by atoms with Crippen molar-refractivity contribution < 1.29 is 22.3 Å². The number of hydrogen-bond acceptors (Lipinski definition) is 2. The number of halogens is 5. The van der Waals surface area contributed by atoms with Crippen molar-refractivity contribution in [3.8, 4) is 5.88 Å². The maximum Gasteiger partial charge on any atom is 0.416 e. The summed E-state index contributed by atoms with van der Waals surface area (Å²) in [5, 5.41) is 0. The molecule has 0 aliphatic carbocycles. The van der Waals surface area contributed by atoms with Gasteiger partial charge in [-0.2, -0.15) is 13.2 Å². The molecule has 0 aliphatic rings. The lowest BCUT2D eigenvalue weighted by Crippen LogP contribution is -2.07. The van der Waals surface area contributed by atoms with Crippen LogP contribution >= 0.6 is 22.6 Å². The molecule has 1 rings (SSSR count). The van der Waals surface area contributed by atoms with Crippen LogP contribution in [0.1, 0.15) is 5.56 Å². The van der Waals surface area contributed by atoms with Crippen molar-refractivity contribution in [2.24, 2.45) is 0 Å². The number of rotatable bonds is 2. The van der Waals surface area contributed by atoms with E-state index in [0.717, 1.165) is 6.07 Å². The summed E-state index contributed by atoms with van der Waals surface area (Å²) >= 11 is 1.60. The topological polar surface area (TPSA) is 22.1 Å². The molecule has 0 atom stereocenters. The fourth-order valence-corrected chi connectivity index (χ4v) is 1.34. The van der Waals surface area contributed by atoms with Crippen LogP contribution in [0.15, 0.2) is 12.1 Å². The summed E-state index contributed by atoms with van der Waals surface area (Å²) in [6.45, 7) is -1.20. The zero-order chi connectivity index (χ0) is 10.8. The van der Waals surface area contributed by atoms with Gasteiger partial charge in [-0.15, -0.1) is 0 Å². The molecular weight excluding hydrogens is 317 g/mol. The highest BCUT2D eigenvalue weighted by molar-refractivity contribution is 14.1. The van der Waals surface area contributed by atoms with Gasteiger partial charge in [-0.05, 0) is 28.7 Å². The second-order valence-electron chi connectivity index (χ2n) is 2.27. The number of hydrogen-bond donors (Lipinski definition) is 0. The smallest absolute Gasteiger partial charge is 0.416 e. The molecule has 7 heteroatoms. The molecule has 14 heavy (non-hydrogen) atoms. The van der Waals surface area contributed by atoms with Crippen LogP contribution in [0.5, 0.6) is 5.88 Å². The molecule has 0 bridgehead atoms. The first-order valence-electron chi connectivity index (χ1n) is 3.37. The molecule has 0 fully saturated rings. The van der Waals surface area contributed by atoms with E-state index < -0.39 is 18.6 Å². The van der Waals surface area contributed by atoms with Crippen LogP contribution in [0.2, 0.25) is 0 Å². The molecule has 0 saturated carbocycles. The third kappa shape index (κ3) is 2.96. The molecule has 0 saturated heterocycles. The Kier molecular flexibility index (Phi) is 3.51. The average molecular weight is 321 g/mol. The monoisotopic (exact) mass is 321 g/mol. The Morgan fingerprint density at radius 2 is 2.00 bits per heavy atom. The zero-order valence-electron chi connectivity index (χ0n) is 6.61. The van der Waals surface area contributed by atoms with E-state index in [1.165, 1.54) is 0 Å². The summed E-state index contributed by atoms with van der Waals surface area (Å²) in [7, 11) is 0. The Balaban J connectivity index is 3.07. The highest BCUT2D eigenvalue weighted by Crippen LogP contribution is 2.31. The van der Waals surface area contributed by atoms with Gasteiger partial charge in [0.25, 0.3) is 0 Å². The number of nitrogens with zero attached hydrogens (tertiary/aromatic N) is 1. The van der Waals surface area contributed by atoms with Crippen LogP contribution in [0.25, 0.3) is 0 Å². The van der Waals surface area contributed by atoms with Crippen LogP contribution in [0.3, 0.4) is 0 Å². The number of alkyl halides is 4. The van der Waals surface area contributed by atoms with E-state index in [4.69, 9.17) is 0 Å². The maximum atomic E-state index is 12.2. The van der Waals surface area contributed by atoms with E-state index in [9.17, 15) is 17.6 Å². The fraction of sp³-hybridized carbons (Fsp3) is 0.286. The van der Waals surface area contributed by atoms with Crippen molar-refractivity contribution in [1.82, 2.24) is 4.98 Å². The summed E-state index contributed by atoms with van der Waals surface area (Å²) in [6, 6.07) is 1.51. The Bertz CT molecular complexity index is 328. The molecule has 2 nitrogen and oxygen atoms in total. The number of ether oxygens (including phenoxy) is 1. The second kappa shape index (κ2) is 4.28. The first-order valence-corrected chi connectivity index (χ1v) is 4.45. The standard InChI is InChI=1S/C7H4F4INO/c8-3-14-6-2-4(7(9,10)11)1-5(12)13-6/h1-2H,3H2. The summed E-state index contributed by atoms with van der Waals surface area (Å²) in [5.41, 5.74) is -0.902. The summed E-state index contributed by atoms with van der Waals surface area (Å²) in [4.78, 5) is 3.56. The van der Waals surface area contributed by atoms with Crippen LogP contribution in [-0.2, 0) is 6.18 Å². The predicted molar refractivity (Wildman–Crippen MR) is 48.6 cm³/mol. The summed E-state index contributed by atoms with van der Waals surface area (Å²) < 4.78 is 52.7. The number of pyridine rings is 1. The Morgan fingerprint density at radius 1 is 1.36 bits per heavy atom. The van der Waals surface area contributed by atoms with E-state index in [-0.39, 0.29) is 9.58 Å². The van der Waals surface area contributed by atoms with Gasteiger partial charge in [0.2, 0.25) is 12.7 Å². The lowest BCUT2D eigenvalue weighted by atomic mass is 10.2. The minimum absolute atomic E-state index is 0.0980. The second-order valence-corrected chi connectivity index (χ2v) is 3.37. The van der Waals surface area contributed by atoms with E-state index in [2.05, 4.69) is 9.72 Å². The molecule has 0 spiro atoms. The largest absolute Gasteiger partial charge is 0.446 e. The molecule has 1 aromatic rings. The Hall–Kier alpha value is -0.600. The normalized spacial score (nSPS) is 11.5. The van der Waals surface area contributed by atoms with Gasteiger partial charge in [0.15, 0.2) is 0 Å². The lowest BCUT2D eigenvalue weighted by molar-refractivity contribution is -0.137. The van der Waals surface area contributed by atoms with Gasteiger partial charge in [-0.1, -0.05) is 0 Å². The van der Waals surface area contributed by atoms with Crippen LogP contribution < -0.4 is 4.74 Å². The van der Waals surface area contributed by atoms with Crippen LogP contribution in [0, 0.1) is 3.70 Å². The maximum absolute atomic E-state index is 12.2. The molecule has 1 aromatic heterocycles. The van der Waals surface area contributed by atoms with Crippen molar-refractivity contribution in [3.63, 3.8) is 0 Å². The van der Waals surface area contributed by atoms with Gasteiger partial charge in [0.1, 0.15) is 3.70 Å².